The molecule has 1 heterocycles. The summed E-state index contributed by atoms with van der Waals surface area (Å²) in [6, 6.07) is 20.2. The zero-order chi connectivity index (χ0) is 25.2. The number of halogens is 3. The quantitative estimate of drug-likeness (QED) is 0.405. The lowest BCUT2D eigenvalue weighted by Gasteiger charge is -2.48. The van der Waals surface area contributed by atoms with E-state index < -0.39 is 24.1 Å². The average molecular weight is 482 g/mol. The number of phenolic OH excluding ortho intramolecular Hbond substituents is 1. The number of benzene rings is 3. The molecule has 0 saturated heterocycles. The number of hydrogen-bond acceptors (Lipinski definition) is 3. The van der Waals surface area contributed by atoms with Crippen LogP contribution in [0.3, 0.4) is 0 Å². The molecule has 0 amide bonds. The Kier molecular flexibility index (Phi) is 6.61. The first-order valence-electron chi connectivity index (χ1n) is 11.3. The Morgan fingerprint density at radius 1 is 1.06 bits per heavy atom. The van der Waals surface area contributed by atoms with Crippen molar-refractivity contribution in [1.29, 1.82) is 0 Å². The molecule has 182 valence electrons. The molecule has 1 atom stereocenters. The number of alkyl halides is 3. The van der Waals surface area contributed by atoms with Crippen molar-refractivity contribution in [3.63, 3.8) is 0 Å². The lowest BCUT2D eigenvalue weighted by molar-refractivity contribution is -0.134. The second-order valence-electron chi connectivity index (χ2n) is 8.89. The van der Waals surface area contributed by atoms with E-state index in [0.29, 0.717) is 18.5 Å². The summed E-state index contributed by atoms with van der Waals surface area (Å²) < 4.78 is 37.9. The molecule has 1 aliphatic rings. The van der Waals surface area contributed by atoms with Gasteiger partial charge in [-0.1, -0.05) is 42.5 Å². The van der Waals surface area contributed by atoms with Gasteiger partial charge in [-0.05, 0) is 77.9 Å². The SMILES string of the molecule is CC1(c2ccc(C=CC(=O)O)cc2)c2ccc(O)cc2CCN1c1ccc(CCC(F)(F)F)cc1. The Labute approximate surface area is 202 Å². The molecular weight excluding hydrogens is 455 g/mol. The minimum Gasteiger partial charge on any atom is -0.508 e. The molecule has 0 spiro atoms. The number of carboxylic acids is 1. The number of aliphatic carboxylic acids is 1. The van der Waals surface area contributed by atoms with E-state index in [4.69, 9.17) is 5.11 Å². The summed E-state index contributed by atoms with van der Waals surface area (Å²) in [6.07, 6.45) is -1.79. The first kappa shape index (κ1) is 24.4. The standard InChI is InChI=1S/C28H26F3NO3/c1-27(22-7-2-19(3-8-22)6-13-26(34)35)25-12-11-24(33)18-21(25)15-17-32(27)23-9-4-20(5-10-23)14-16-28(29,30)31/h2-13,18,33H,14-17H2,1H3,(H,34,35). The first-order valence-corrected chi connectivity index (χ1v) is 11.3. The van der Waals surface area contributed by atoms with Gasteiger partial charge >= 0.3 is 12.1 Å². The molecule has 0 radical (unpaired) electrons. The van der Waals surface area contributed by atoms with Gasteiger partial charge in [0, 0.05) is 24.7 Å². The number of aryl methyl sites for hydroxylation is 1. The van der Waals surface area contributed by atoms with Crippen molar-refractivity contribution in [2.45, 2.75) is 37.9 Å². The number of anilines is 1. The van der Waals surface area contributed by atoms with Gasteiger partial charge in [0.05, 0.1) is 5.54 Å². The van der Waals surface area contributed by atoms with Crippen molar-refractivity contribution >= 4 is 17.7 Å². The second-order valence-corrected chi connectivity index (χ2v) is 8.89. The smallest absolute Gasteiger partial charge is 0.389 e. The fourth-order valence-corrected chi connectivity index (χ4v) is 4.78. The van der Waals surface area contributed by atoms with Crippen molar-refractivity contribution in [1.82, 2.24) is 0 Å². The molecule has 3 aromatic rings. The third kappa shape index (κ3) is 5.34. The van der Waals surface area contributed by atoms with Gasteiger partial charge in [0.2, 0.25) is 0 Å². The van der Waals surface area contributed by atoms with Crippen LogP contribution in [0.5, 0.6) is 5.75 Å². The van der Waals surface area contributed by atoms with Crippen LogP contribution in [0.2, 0.25) is 0 Å². The Balaban J connectivity index is 1.72. The molecule has 2 N–H and O–H groups in total. The van der Waals surface area contributed by atoms with E-state index in [1.807, 2.05) is 42.5 Å². The van der Waals surface area contributed by atoms with Crippen LogP contribution in [-0.4, -0.2) is 28.9 Å². The van der Waals surface area contributed by atoms with Gasteiger partial charge in [0.25, 0.3) is 0 Å². The summed E-state index contributed by atoms with van der Waals surface area (Å²) in [7, 11) is 0. The number of fused-ring (bicyclic) bond motifs is 1. The van der Waals surface area contributed by atoms with E-state index in [9.17, 15) is 23.1 Å². The minimum atomic E-state index is -4.19. The van der Waals surface area contributed by atoms with Crippen LogP contribution < -0.4 is 4.90 Å². The third-order valence-corrected chi connectivity index (χ3v) is 6.59. The van der Waals surface area contributed by atoms with Gasteiger partial charge in [-0.25, -0.2) is 4.79 Å². The van der Waals surface area contributed by atoms with Crippen molar-refractivity contribution in [3.8, 4) is 5.75 Å². The molecule has 1 aliphatic heterocycles. The fourth-order valence-electron chi connectivity index (χ4n) is 4.78. The summed E-state index contributed by atoms with van der Waals surface area (Å²) >= 11 is 0. The van der Waals surface area contributed by atoms with Crippen LogP contribution in [0.4, 0.5) is 18.9 Å². The zero-order valence-electron chi connectivity index (χ0n) is 19.2. The molecule has 0 aromatic heterocycles. The lowest BCUT2D eigenvalue weighted by Crippen LogP contribution is -2.49. The Bertz CT molecular complexity index is 1230. The van der Waals surface area contributed by atoms with Crippen LogP contribution in [-0.2, 0) is 23.2 Å². The number of nitrogens with zero attached hydrogens (tertiary/aromatic N) is 1. The van der Waals surface area contributed by atoms with Gasteiger partial charge in [0.1, 0.15) is 5.75 Å². The van der Waals surface area contributed by atoms with Crippen molar-refractivity contribution in [2.24, 2.45) is 0 Å². The molecule has 35 heavy (non-hydrogen) atoms. The van der Waals surface area contributed by atoms with Gasteiger partial charge in [0.15, 0.2) is 0 Å². The zero-order valence-corrected chi connectivity index (χ0v) is 19.2. The van der Waals surface area contributed by atoms with E-state index in [1.165, 1.54) is 6.08 Å². The highest BCUT2D eigenvalue weighted by Crippen LogP contribution is 2.44. The molecule has 3 aromatic carbocycles. The monoisotopic (exact) mass is 481 g/mol. The van der Waals surface area contributed by atoms with E-state index in [1.54, 1.807) is 24.3 Å². The maximum atomic E-state index is 12.6. The van der Waals surface area contributed by atoms with Crippen molar-refractivity contribution < 1.29 is 28.2 Å². The average Bonchev–Trinajstić information content (AvgIpc) is 2.82. The highest BCUT2D eigenvalue weighted by molar-refractivity contribution is 5.85. The predicted octanol–water partition coefficient (Wildman–Crippen LogP) is 6.31. The van der Waals surface area contributed by atoms with Gasteiger partial charge in [-0.3, -0.25) is 0 Å². The molecule has 0 fully saturated rings. The second kappa shape index (κ2) is 9.49. The normalized spacial score (nSPS) is 18.0. The molecule has 0 saturated carbocycles. The predicted molar refractivity (Wildman–Crippen MR) is 130 cm³/mol. The molecule has 0 bridgehead atoms. The number of carboxylic acid groups (broad SMARTS) is 1. The molecular formula is C28H26F3NO3. The van der Waals surface area contributed by atoms with Gasteiger partial charge in [-0.15, -0.1) is 0 Å². The highest BCUT2D eigenvalue weighted by atomic mass is 19.4. The van der Waals surface area contributed by atoms with E-state index in [-0.39, 0.29) is 12.2 Å². The Morgan fingerprint density at radius 3 is 2.37 bits per heavy atom. The summed E-state index contributed by atoms with van der Waals surface area (Å²) in [5.74, 6) is -0.824. The highest BCUT2D eigenvalue weighted by Gasteiger charge is 2.40. The van der Waals surface area contributed by atoms with Crippen LogP contribution >= 0.6 is 0 Å². The Hall–Kier alpha value is -3.74. The molecule has 7 heteroatoms. The number of hydrogen-bond donors (Lipinski definition) is 2. The maximum Gasteiger partial charge on any atom is 0.389 e. The Morgan fingerprint density at radius 2 is 1.74 bits per heavy atom. The first-order chi connectivity index (χ1) is 16.6. The van der Waals surface area contributed by atoms with Crippen molar-refractivity contribution in [3.05, 3.63) is 101 Å². The maximum absolute atomic E-state index is 12.6. The van der Waals surface area contributed by atoms with Crippen molar-refractivity contribution in [2.75, 3.05) is 11.4 Å². The minimum absolute atomic E-state index is 0.0610. The van der Waals surface area contributed by atoms with Gasteiger partial charge < -0.3 is 15.1 Å². The summed E-state index contributed by atoms with van der Waals surface area (Å²) in [5, 5.41) is 18.9. The largest absolute Gasteiger partial charge is 0.508 e. The topological polar surface area (TPSA) is 60.8 Å². The van der Waals surface area contributed by atoms with Gasteiger partial charge in [-0.2, -0.15) is 13.2 Å². The van der Waals surface area contributed by atoms with Crippen LogP contribution in [0.25, 0.3) is 6.08 Å². The molecule has 4 rings (SSSR count). The number of rotatable bonds is 6. The summed E-state index contributed by atoms with van der Waals surface area (Å²) in [6.45, 7) is 2.73. The van der Waals surface area contributed by atoms with Crippen LogP contribution in [0.1, 0.15) is 41.2 Å². The van der Waals surface area contributed by atoms with E-state index >= 15 is 0 Å². The van der Waals surface area contributed by atoms with E-state index in [2.05, 4.69) is 11.8 Å². The number of aromatic hydroxyl groups is 1. The fraction of sp³-hybridized carbons (Fsp3) is 0.250. The van der Waals surface area contributed by atoms with Crippen LogP contribution in [0, 0.1) is 0 Å². The molecule has 4 nitrogen and oxygen atoms in total. The lowest BCUT2D eigenvalue weighted by atomic mass is 9.76. The third-order valence-electron chi connectivity index (χ3n) is 6.59. The number of carbonyl (C=O) groups is 1. The van der Waals surface area contributed by atoms with Crippen LogP contribution in [0.15, 0.2) is 72.8 Å². The molecule has 1 unspecified atom stereocenters. The van der Waals surface area contributed by atoms with E-state index in [0.717, 1.165) is 34.0 Å². The number of phenols is 1. The summed E-state index contributed by atoms with van der Waals surface area (Å²) in [4.78, 5) is 13.1. The summed E-state index contributed by atoms with van der Waals surface area (Å²) in [5.41, 5.74) is 4.67. The molecule has 0 aliphatic carbocycles.